The molecular formula is C6H10N4OS. The molecule has 5 N–H and O–H groups in total. The first-order chi connectivity index (χ1) is 5.68. The number of hydrogen-bond acceptors (Lipinski definition) is 2. The molecule has 0 aliphatic rings. The van der Waals surface area contributed by atoms with Crippen molar-refractivity contribution in [3.8, 4) is 0 Å². The van der Waals surface area contributed by atoms with Crippen LogP contribution in [-0.2, 0) is 6.42 Å². The highest BCUT2D eigenvalue weighted by Gasteiger charge is 1.95. The average molecular weight is 186 g/mol. The average Bonchev–Trinajstić information content (AvgIpc) is 2.35. The number of thiocarbonyl (C=S) groups is 1. The molecule has 1 heterocycles. The van der Waals surface area contributed by atoms with Gasteiger partial charge in [-0.25, -0.2) is 0 Å². The zero-order chi connectivity index (χ0) is 8.97. The first-order valence-corrected chi connectivity index (χ1v) is 3.89. The maximum absolute atomic E-state index is 10.6. The van der Waals surface area contributed by atoms with Gasteiger partial charge in [-0.3, -0.25) is 9.89 Å². The van der Waals surface area contributed by atoms with Crippen LogP contribution in [0.25, 0.3) is 0 Å². The highest BCUT2D eigenvalue weighted by Crippen LogP contribution is 1.86. The van der Waals surface area contributed by atoms with E-state index in [9.17, 15) is 4.79 Å². The normalized spacial score (nSPS) is 9.67. The first kappa shape index (κ1) is 8.79. The van der Waals surface area contributed by atoms with E-state index in [-0.39, 0.29) is 10.7 Å². The Labute approximate surface area is 74.3 Å². The van der Waals surface area contributed by atoms with Crippen molar-refractivity contribution in [1.29, 1.82) is 0 Å². The van der Waals surface area contributed by atoms with Gasteiger partial charge < -0.3 is 16.1 Å². The Kier molecular flexibility index (Phi) is 2.87. The van der Waals surface area contributed by atoms with E-state index in [1.807, 2.05) is 0 Å². The van der Waals surface area contributed by atoms with E-state index in [2.05, 4.69) is 27.7 Å². The van der Waals surface area contributed by atoms with Gasteiger partial charge in [0.15, 0.2) is 5.11 Å². The number of nitrogens with one attached hydrogen (secondary N) is 3. The van der Waals surface area contributed by atoms with Gasteiger partial charge in [-0.2, -0.15) is 0 Å². The molecule has 5 nitrogen and oxygen atoms in total. The predicted octanol–water partition coefficient (Wildman–Crippen LogP) is -0.921. The lowest BCUT2D eigenvalue weighted by molar-refractivity contribution is 0.834. The van der Waals surface area contributed by atoms with E-state index < -0.39 is 0 Å². The Bertz CT molecular complexity index is 315. The van der Waals surface area contributed by atoms with E-state index in [1.54, 1.807) is 0 Å². The van der Waals surface area contributed by atoms with Crippen LogP contribution in [0, 0.1) is 0 Å². The second kappa shape index (κ2) is 3.91. The summed E-state index contributed by atoms with van der Waals surface area (Å²) in [6.45, 7) is 0.628. The molecule has 0 saturated heterocycles. The van der Waals surface area contributed by atoms with Gasteiger partial charge >= 0.3 is 0 Å². The fourth-order valence-corrected chi connectivity index (χ4v) is 0.929. The standard InChI is InChI=1S/C6H10N4OS/c7-6(12)8-2-1-4-3-5(11)10-9-4/h3H,1-2H2,(H3,7,8,12)(H2,9,10,11). The van der Waals surface area contributed by atoms with Crippen LogP contribution < -0.4 is 16.6 Å². The summed E-state index contributed by atoms with van der Waals surface area (Å²) in [6, 6.07) is 1.50. The van der Waals surface area contributed by atoms with Crippen molar-refractivity contribution in [1.82, 2.24) is 15.5 Å². The zero-order valence-corrected chi connectivity index (χ0v) is 7.20. The Morgan fingerprint density at radius 2 is 2.42 bits per heavy atom. The van der Waals surface area contributed by atoms with Gasteiger partial charge in [0.2, 0.25) is 0 Å². The predicted molar refractivity (Wildman–Crippen MR) is 49.9 cm³/mol. The molecule has 0 saturated carbocycles. The van der Waals surface area contributed by atoms with Crippen molar-refractivity contribution in [2.24, 2.45) is 5.73 Å². The molecule has 0 unspecified atom stereocenters. The van der Waals surface area contributed by atoms with Crippen molar-refractivity contribution in [2.45, 2.75) is 6.42 Å². The van der Waals surface area contributed by atoms with Gasteiger partial charge in [-0.1, -0.05) is 0 Å². The summed E-state index contributed by atoms with van der Waals surface area (Å²) < 4.78 is 0. The molecule has 0 aromatic carbocycles. The van der Waals surface area contributed by atoms with Crippen LogP contribution in [0.2, 0.25) is 0 Å². The van der Waals surface area contributed by atoms with E-state index >= 15 is 0 Å². The summed E-state index contributed by atoms with van der Waals surface area (Å²) in [5.74, 6) is 0. The highest BCUT2D eigenvalue weighted by molar-refractivity contribution is 7.80. The van der Waals surface area contributed by atoms with Crippen molar-refractivity contribution < 1.29 is 0 Å². The molecule has 66 valence electrons. The zero-order valence-electron chi connectivity index (χ0n) is 6.39. The van der Waals surface area contributed by atoms with Gasteiger partial charge in [0, 0.05) is 24.7 Å². The quantitative estimate of drug-likeness (QED) is 0.460. The van der Waals surface area contributed by atoms with Crippen LogP contribution in [0.3, 0.4) is 0 Å². The van der Waals surface area contributed by atoms with Gasteiger partial charge in [-0.05, 0) is 12.2 Å². The molecule has 0 fully saturated rings. The summed E-state index contributed by atoms with van der Waals surface area (Å²) in [5, 5.41) is 8.20. The minimum Gasteiger partial charge on any atom is -0.376 e. The van der Waals surface area contributed by atoms with Crippen LogP contribution in [0.15, 0.2) is 10.9 Å². The lowest BCUT2D eigenvalue weighted by Gasteiger charge is -2.00. The third-order valence-electron chi connectivity index (χ3n) is 1.35. The van der Waals surface area contributed by atoms with E-state index in [1.165, 1.54) is 6.07 Å². The van der Waals surface area contributed by atoms with E-state index in [0.717, 1.165) is 5.69 Å². The van der Waals surface area contributed by atoms with Crippen LogP contribution in [0.5, 0.6) is 0 Å². The molecule has 0 radical (unpaired) electrons. The number of hydrogen-bond donors (Lipinski definition) is 4. The van der Waals surface area contributed by atoms with Crippen LogP contribution in [0.1, 0.15) is 5.69 Å². The van der Waals surface area contributed by atoms with E-state index in [0.29, 0.717) is 13.0 Å². The van der Waals surface area contributed by atoms with Crippen LogP contribution in [0.4, 0.5) is 0 Å². The number of H-pyrrole nitrogens is 2. The van der Waals surface area contributed by atoms with Crippen LogP contribution in [-0.4, -0.2) is 21.9 Å². The molecular weight excluding hydrogens is 176 g/mol. The topological polar surface area (TPSA) is 86.7 Å². The largest absolute Gasteiger partial charge is 0.376 e. The minimum atomic E-state index is -0.125. The Morgan fingerprint density at radius 3 is 2.92 bits per heavy atom. The molecule has 1 aromatic rings. The molecule has 0 aliphatic carbocycles. The van der Waals surface area contributed by atoms with Gasteiger partial charge in [-0.15, -0.1) is 0 Å². The number of aromatic nitrogens is 2. The molecule has 1 aromatic heterocycles. The first-order valence-electron chi connectivity index (χ1n) is 3.48. The summed E-state index contributed by atoms with van der Waals surface area (Å²) >= 11 is 4.60. The monoisotopic (exact) mass is 186 g/mol. The van der Waals surface area contributed by atoms with Gasteiger partial charge in [0.1, 0.15) is 0 Å². The SMILES string of the molecule is NC(=S)NCCc1cc(=O)[nH][nH]1. The second-order valence-corrected chi connectivity index (χ2v) is 2.76. The fourth-order valence-electron chi connectivity index (χ4n) is 0.827. The minimum absolute atomic E-state index is 0.125. The van der Waals surface area contributed by atoms with Gasteiger partial charge in [0.05, 0.1) is 0 Å². The summed E-state index contributed by atoms with van der Waals surface area (Å²) in [4.78, 5) is 10.6. The number of rotatable bonds is 3. The molecule has 12 heavy (non-hydrogen) atoms. The summed E-state index contributed by atoms with van der Waals surface area (Å²) in [6.07, 6.45) is 0.691. The third-order valence-corrected chi connectivity index (χ3v) is 1.49. The Hall–Kier alpha value is -1.30. The van der Waals surface area contributed by atoms with Crippen molar-refractivity contribution in [3.63, 3.8) is 0 Å². The number of nitrogens with two attached hydrogens (primary N) is 1. The maximum atomic E-state index is 10.6. The third kappa shape index (κ3) is 2.75. The molecule has 6 heteroatoms. The Balaban J connectivity index is 2.33. The van der Waals surface area contributed by atoms with Crippen molar-refractivity contribution in [2.75, 3.05) is 6.54 Å². The molecule has 0 aliphatic heterocycles. The lowest BCUT2D eigenvalue weighted by Crippen LogP contribution is -2.30. The second-order valence-electron chi connectivity index (χ2n) is 2.32. The van der Waals surface area contributed by atoms with Gasteiger partial charge in [0.25, 0.3) is 5.56 Å². The molecule has 0 spiro atoms. The summed E-state index contributed by atoms with van der Waals surface area (Å²) in [5.41, 5.74) is 5.91. The smallest absolute Gasteiger partial charge is 0.264 e. The maximum Gasteiger partial charge on any atom is 0.264 e. The molecule has 1 rings (SSSR count). The lowest BCUT2D eigenvalue weighted by atomic mass is 10.3. The van der Waals surface area contributed by atoms with Crippen molar-refractivity contribution >= 4 is 17.3 Å². The molecule has 0 bridgehead atoms. The van der Waals surface area contributed by atoms with Crippen molar-refractivity contribution in [3.05, 3.63) is 22.1 Å². The van der Waals surface area contributed by atoms with Crippen LogP contribution >= 0.6 is 12.2 Å². The highest BCUT2D eigenvalue weighted by atomic mass is 32.1. The number of aromatic amines is 2. The molecule has 0 atom stereocenters. The Morgan fingerprint density at radius 1 is 1.67 bits per heavy atom. The summed E-state index contributed by atoms with van der Waals surface area (Å²) in [7, 11) is 0. The van der Waals surface area contributed by atoms with E-state index in [4.69, 9.17) is 5.73 Å². The fraction of sp³-hybridized carbons (Fsp3) is 0.333. The molecule has 0 amide bonds.